The van der Waals surface area contributed by atoms with Crippen molar-refractivity contribution in [3.8, 4) is 5.75 Å². The second-order valence-corrected chi connectivity index (χ2v) is 4.52. The molecule has 0 aromatic heterocycles. The van der Waals surface area contributed by atoms with Gasteiger partial charge in [-0.1, -0.05) is 24.3 Å². The average Bonchev–Trinajstić information content (AvgIpc) is 2.38. The summed E-state index contributed by atoms with van der Waals surface area (Å²) in [5, 5.41) is 3.09. The normalized spacial score (nSPS) is 10.0. The van der Waals surface area contributed by atoms with E-state index >= 15 is 0 Å². The first kappa shape index (κ1) is 12.0. The molecule has 0 fully saturated rings. The van der Waals surface area contributed by atoms with Crippen molar-refractivity contribution in [2.75, 3.05) is 12.4 Å². The van der Waals surface area contributed by atoms with Crippen molar-refractivity contribution in [2.45, 2.75) is 6.61 Å². The van der Waals surface area contributed by atoms with Gasteiger partial charge in [-0.15, -0.1) is 0 Å². The maximum absolute atomic E-state index is 5.73. The molecule has 0 radical (unpaired) electrons. The lowest BCUT2D eigenvalue weighted by Crippen LogP contribution is -1.96. The minimum absolute atomic E-state index is 0.576. The van der Waals surface area contributed by atoms with E-state index < -0.39 is 0 Å². The van der Waals surface area contributed by atoms with Gasteiger partial charge in [0.25, 0.3) is 0 Å². The van der Waals surface area contributed by atoms with E-state index in [4.69, 9.17) is 4.74 Å². The van der Waals surface area contributed by atoms with Crippen LogP contribution in [-0.4, -0.2) is 7.05 Å². The van der Waals surface area contributed by atoms with E-state index in [1.54, 1.807) is 0 Å². The summed E-state index contributed by atoms with van der Waals surface area (Å²) in [7, 11) is 1.91. The molecule has 88 valence electrons. The lowest BCUT2D eigenvalue weighted by Gasteiger charge is -2.08. The molecule has 0 saturated carbocycles. The zero-order valence-corrected chi connectivity index (χ0v) is 11.2. The number of para-hydroxylation sites is 1. The van der Waals surface area contributed by atoms with Crippen LogP contribution >= 0.6 is 15.9 Å². The molecule has 0 unspecified atom stereocenters. The summed E-state index contributed by atoms with van der Waals surface area (Å²) in [6.07, 6.45) is 0. The lowest BCUT2D eigenvalue weighted by atomic mass is 10.2. The number of nitrogens with one attached hydrogen (secondary N) is 1. The summed E-state index contributed by atoms with van der Waals surface area (Å²) in [5.41, 5.74) is 2.26. The van der Waals surface area contributed by atoms with Crippen LogP contribution in [0.5, 0.6) is 5.75 Å². The van der Waals surface area contributed by atoms with Gasteiger partial charge in [-0.3, -0.25) is 0 Å². The number of ether oxygens (including phenoxy) is 1. The summed E-state index contributed by atoms with van der Waals surface area (Å²) in [4.78, 5) is 0. The molecule has 3 heteroatoms. The third-order valence-electron chi connectivity index (χ3n) is 2.47. The molecule has 0 heterocycles. The fourth-order valence-corrected chi connectivity index (χ4v) is 1.89. The smallest absolute Gasteiger partial charge is 0.133 e. The van der Waals surface area contributed by atoms with Crippen LogP contribution in [0.2, 0.25) is 0 Å². The Kier molecular flexibility index (Phi) is 4.04. The van der Waals surface area contributed by atoms with E-state index in [0.717, 1.165) is 21.5 Å². The molecule has 0 aliphatic heterocycles. The van der Waals surface area contributed by atoms with E-state index in [1.165, 1.54) is 0 Å². The van der Waals surface area contributed by atoms with Gasteiger partial charge in [-0.05, 0) is 45.8 Å². The Labute approximate surface area is 110 Å². The van der Waals surface area contributed by atoms with Crippen molar-refractivity contribution in [2.24, 2.45) is 0 Å². The van der Waals surface area contributed by atoms with Crippen LogP contribution < -0.4 is 10.1 Å². The molecule has 0 atom stereocenters. The van der Waals surface area contributed by atoms with Gasteiger partial charge in [0, 0.05) is 12.7 Å². The van der Waals surface area contributed by atoms with Crippen LogP contribution in [0.15, 0.2) is 53.0 Å². The van der Waals surface area contributed by atoms with Crippen LogP contribution in [0.1, 0.15) is 5.56 Å². The third-order valence-corrected chi connectivity index (χ3v) is 3.13. The standard InChI is InChI=1S/C14H14BrNO/c1-16-12-8-6-11(7-9-12)10-17-14-5-3-2-4-13(14)15/h2-9,16H,10H2,1H3. The Hall–Kier alpha value is -1.48. The molecule has 17 heavy (non-hydrogen) atoms. The minimum atomic E-state index is 0.576. The van der Waals surface area contributed by atoms with Gasteiger partial charge in [0.1, 0.15) is 12.4 Å². The Morgan fingerprint density at radius 1 is 1.06 bits per heavy atom. The van der Waals surface area contributed by atoms with Gasteiger partial charge in [0.05, 0.1) is 4.47 Å². The number of anilines is 1. The topological polar surface area (TPSA) is 21.3 Å². The van der Waals surface area contributed by atoms with Gasteiger partial charge < -0.3 is 10.1 Å². The fourth-order valence-electron chi connectivity index (χ4n) is 1.49. The van der Waals surface area contributed by atoms with Crippen molar-refractivity contribution in [1.29, 1.82) is 0 Å². The zero-order valence-electron chi connectivity index (χ0n) is 9.61. The Morgan fingerprint density at radius 3 is 2.41 bits per heavy atom. The summed E-state index contributed by atoms with van der Waals surface area (Å²) < 4.78 is 6.71. The number of hydrogen-bond donors (Lipinski definition) is 1. The van der Waals surface area contributed by atoms with Crippen LogP contribution in [0, 0.1) is 0 Å². The van der Waals surface area contributed by atoms with Crippen LogP contribution in [0.25, 0.3) is 0 Å². The molecule has 0 spiro atoms. The first-order chi connectivity index (χ1) is 8.29. The number of rotatable bonds is 4. The van der Waals surface area contributed by atoms with Gasteiger partial charge in [0.15, 0.2) is 0 Å². The molecular formula is C14H14BrNO. The van der Waals surface area contributed by atoms with Gasteiger partial charge >= 0.3 is 0 Å². The molecule has 0 saturated heterocycles. The maximum atomic E-state index is 5.73. The molecule has 2 aromatic carbocycles. The Bertz CT molecular complexity index is 482. The first-order valence-corrected chi connectivity index (χ1v) is 6.23. The number of hydrogen-bond acceptors (Lipinski definition) is 2. The lowest BCUT2D eigenvalue weighted by molar-refractivity contribution is 0.304. The number of halogens is 1. The summed E-state index contributed by atoms with van der Waals surface area (Å²) in [6.45, 7) is 0.576. The predicted molar refractivity (Wildman–Crippen MR) is 74.5 cm³/mol. The van der Waals surface area contributed by atoms with Crippen molar-refractivity contribution in [1.82, 2.24) is 0 Å². The minimum Gasteiger partial charge on any atom is -0.488 e. The molecule has 0 aliphatic rings. The monoisotopic (exact) mass is 291 g/mol. The first-order valence-electron chi connectivity index (χ1n) is 5.43. The summed E-state index contributed by atoms with van der Waals surface area (Å²) in [5.74, 6) is 0.866. The fraction of sp³-hybridized carbons (Fsp3) is 0.143. The van der Waals surface area contributed by atoms with Crippen molar-refractivity contribution >= 4 is 21.6 Å². The number of benzene rings is 2. The molecule has 2 rings (SSSR count). The van der Waals surface area contributed by atoms with E-state index in [0.29, 0.717) is 6.61 Å². The molecule has 0 amide bonds. The quantitative estimate of drug-likeness (QED) is 0.917. The van der Waals surface area contributed by atoms with Crippen LogP contribution in [-0.2, 0) is 6.61 Å². The zero-order chi connectivity index (χ0) is 12.1. The highest BCUT2D eigenvalue weighted by molar-refractivity contribution is 9.10. The Balaban J connectivity index is 2.00. The predicted octanol–water partition coefficient (Wildman–Crippen LogP) is 4.07. The second kappa shape index (κ2) is 5.73. The molecule has 0 bridgehead atoms. The maximum Gasteiger partial charge on any atom is 0.133 e. The highest BCUT2D eigenvalue weighted by atomic mass is 79.9. The van der Waals surface area contributed by atoms with Crippen LogP contribution in [0.4, 0.5) is 5.69 Å². The van der Waals surface area contributed by atoms with E-state index in [2.05, 4.69) is 33.4 Å². The van der Waals surface area contributed by atoms with E-state index in [-0.39, 0.29) is 0 Å². The molecular weight excluding hydrogens is 278 g/mol. The van der Waals surface area contributed by atoms with Gasteiger partial charge in [0.2, 0.25) is 0 Å². The van der Waals surface area contributed by atoms with Gasteiger partial charge in [-0.2, -0.15) is 0 Å². The average molecular weight is 292 g/mol. The van der Waals surface area contributed by atoms with Crippen molar-refractivity contribution in [3.63, 3.8) is 0 Å². The second-order valence-electron chi connectivity index (χ2n) is 3.67. The highest BCUT2D eigenvalue weighted by Crippen LogP contribution is 2.24. The largest absolute Gasteiger partial charge is 0.488 e. The third kappa shape index (κ3) is 3.24. The van der Waals surface area contributed by atoms with E-state index in [1.807, 2.05) is 43.4 Å². The van der Waals surface area contributed by atoms with Crippen molar-refractivity contribution in [3.05, 3.63) is 58.6 Å². The van der Waals surface area contributed by atoms with Gasteiger partial charge in [-0.25, -0.2) is 0 Å². The molecule has 2 nitrogen and oxygen atoms in total. The van der Waals surface area contributed by atoms with Crippen molar-refractivity contribution < 1.29 is 4.74 Å². The molecule has 1 N–H and O–H groups in total. The molecule has 2 aromatic rings. The van der Waals surface area contributed by atoms with E-state index in [9.17, 15) is 0 Å². The summed E-state index contributed by atoms with van der Waals surface area (Å²) in [6, 6.07) is 16.1. The highest BCUT2D eigenvalue weighted by Gasteiger charge is 2.00. The SMILES string of the molecule is CNc1ccc(COc2ccccc2Br)cc1. The summed E-state index contributed by atoms with van der Waals surface area (Å²) >= 11 is 3.46. The molecule has 0 aliphatic carbocycles. The van der Waals surface area contributed by atoms with Crippen LogP contribution in [0.3, 0.4) is 0 Å². The Morgan fingerprint density at radius 2 is 1.76 bits per heavy atom.